The number of hydrogen-bond donors (Lipinski definition) is 0. The van der Waals surface area contributed by atoms with Gasteiger partial charge in [0.05, 0.1) is 11.4 Å². The largest absolute Gasteiger partial charge is 0.353 e. The maximum absolute atomic E-state index is 6.35. The zero-order chi connectivity index (χ0) is 19.6. The minimum Gasteiger partial charge on any atom is -0.353 e. The molecule has 3 aromatic rings. The molecule has 29 heavy (non-hydrogen) atoms. The summed E-state index contributed by atoms with van der Waals surface area (Å²) in [5, 5.41) is 9.42. The van der Waals surface area contributed by atoms with E-state index in [0.29, 0.717) is 18.2 Å². The first-order valence-electron chi connectivity index (χ1n) is 9.86. The average Bonchev–Trinajstić information content (AvgIpc) is 3.09. The number of rotatable bonds is 4. The fraction of sp³-hybridized carbons (Fsp3) is 0.318. The lowest BCUT2D eigenvalue weighted by molar-refractivity contribution is -0.170. The van der Waals surface area contributed by atoms with E-state index in [9.17, 15) is 0 Å². The Kier molecular flexibility index (Phi) is 5.14. The fourth-order valence-corrected chi connectivity index (χ4v) is 3.98. The van der Waals surface area contributed by atoms with Gasteiger partial charge in [0.15, 0.2) is 17.9 Å². The summed E-state index contributed by atoms with van der Waals surface area (Å²) < 4.78 is 13.7. The van der Waals surface area contributed by atoms with Crippen LogP contribution in [0.4, 0.5) is 0 Å². The summed E-state index contributed by atoms with van der Waals surface area (Å²) >= 11 is 6.35. The van der Waals surface area contributed by atoms with E-state index in [1.807, 2.05) is 41.0 Å². The van der Waals surface area contributed by atoms with Crippen LogP contribution >= 0.6 is 11.6 Å². The summed E-state index contributed by atoms with van der Waals surface area (Å²) in [7, 11) is 0. The van der Waals surface area contributed by atoms with Crippen molar-refractivity contribution in [1.82, 2.24) is 14.8 Å². The molecule has 2 aliphatic heterocycles. The van der Waals surface area contributed by atoms with Gasteiger partial charge in [-0.25, -0.2) is 0 Å². The molecule has 0 aliphatic carbocycles. The van der Waals surface area contributed by atoms with Gasteiger partial charge in [0.2, 0.25) is 0 Å². The number of aliphatic imine (C=N–C) groups is 1. The molecule has 0 amide bonds. The quantitative estimate of drug-likeness (QED) is 0.645. The highest BCUT2D eigenvalue weighted by Gasteiger charge is 2.24. The molecule has 0 bridgehead atoms. The van der Waals surface area contributed by atoms with Gasteiger partial charge in [-0.3, -0.25) is 9.56 Å². The van der Waals surface area contributed by atoms with Crippen LogP contribution in [-0.2, 0) is 22.6 Å². The second-order valence-corrected chi connectivity index (χ2v) is 7.60. The SMILES string of the molecule is Clc1ccc2c(c1)C(c1ccccc1)=NCc1nnc(COC3CCCCO3)n1-2. The Balaban J connectivity index is 1.53. The number of benzene rings is 2. The molecule has 7 heteroatoms. The second-order valence-electron chi connectivity index (χ2n) is 7.17. The number of hydrogen-bond acceptors (Lipinski definition) is 5. The summed E-state index contributed by atoms with van der Waals surface area (Å²) in [6, 6.07) is 16.0. The van der Waals surface area contributed by atoms with E-state index >= 15 is 0 Å². The van der Waals surface area contributed by atoms with Crippen LogP contribution < -0.4 is 0 Å². The molecule has 3 heterocycles. The molecule has 2 aliphatic rings. The summed E-state index contributed by atoms with van der Waals surface area (Å²) in [6.07, 6.45) is 2.95. The normalized spacial score (nSPS) is 18.5. The van der Waals surface area contributed by atoms with E-state index in [4.69, 9.17) is 26.1 Å². The van der Waals surface area contributed by atoms with E-state index in [1.54, 1.807) is 0 Å². The minimum atomic E-state index is -0.178. The van der Waals surface area contributed by atoms with Crippen molar-refractivity contribution < 1.29 is 9.47 Å². The lowest BCUT2D eigenvalue weighted by Gasteiger charge is -2.22. The van der Waals surface area contributed by atoms with Crippen molar-refractivity contribution in [1.29, 1.82) is 0 Å². The predicted octanol–water partition coefficient (Wildman–Crippen LogP) is 4.31. The van der Waals surface area contributed by atoms with Crippen molar-refractivity contribution >= 4 is 17.3 Å². The predicted molar refractivity (Wildman–Crippen MR) is 111 cm³/mol. The number of ether oxygens (including phenoxy) is 2. The van der Waals surface area contributed by atoms with Gasteiger partial charge in [0.1, 0.15) is 13.2 Å². The molecule has 1 atom stereocenters. The third-order valence-corrected chi connectivity index (χ3v) is 5.45. The van der Waals surface area contributed by atoms with Crippen molar-refractivity contribution in [3.8, 4) is 5.69 Å². The number of halogens is 1. The van der Waals surface area contributed by atoms with Crippen molar-refractivity contribution in [3.63, 3.8) is 0 Å². The lowest BCUT2D eigenvalue weighted by Crippen LogP contribution is -2.23. The molecule has 148 valence electrons. The van der Waals surface area contributed by atoms with Crippen molar-refractivity contribution in [2.45, 2.75) is 38.7 Å². The minimum absolute atomic E-state index is 0.178. The molecule has 0 N–H and O–H groups in total. The Morgan fingerprint density at radius 2 is 2.00 bits per heavy atom. The highest BCUT2D eigenvalue weighted by atomic mass is 35.5. The molecule has 1 unspecified atom stereocenters. The molecule has 0 saturated carbocycles. The standard InChI is InChI=1S/C22H21ClN4O2/c23-16-9-10-18-17(12-16)22(15-6-2-1-3-7-15)24-13-19-25-26-20(27(18)19)14-29-21-8-4-5-11-28-21/h1-3,6-7,9-10,12,21H,4-5,8,11,13-14H2. The first kappa shape index (κ1) is 18.5. The molecule has 2 aromatic carbocycles. The fourth-order valence-electron chi connectivity index (χ4n) is 3.81. The molecule has 5 rings (SSSR count). The molecule has 0 spiro atoms. The van der Waals surface area contributed by atoms with Crippen LogP contribution in [0.25, 0.3) is 5.69 Å². The number of aromatic nitrogens is 3. The second kappa shape index (κ2) is 8.06. The average molecular weight is 409 g/mol. The van der Waals surface area contributed by atoms with Gasteiger partial charge >= 0.3 is 0 Å². The Morgan fingerprint density at radius 1 is 1.10 bits per heavy atom. The third kappa shape index (κ3) is 3.71. The van der Waals surface area contributed by atoms with E-state index < -0.39 is 0 Å². The van der Waals surface area contributed by atoms with E-state index in [-0.39, 0.29) is 6.29 Å². The van der Waals surface area contributed by atoms with Gasteiger partial charge in [-0.2, -0.15) is 0 Å². The van der Waals surface area contributed by atoms with Gasteiger partial charge in [-0.05, 0) is 37.5 Å². The molecular formula is C22H21ClN4O2. The molecular weight excluding hydrogens is 388 g/mol. The zero-order valence-electron chi connectivity index (χ0n) is 15.9. The first-order valence-corrected chi connectivity index (χ1v) is 10.2. The maximum Gasteiger partial charge on any atom is 0.163 e. The van der Waals surface area contributed by atoms with Crippen molar-refractivity contribution in [3.05, 3.63) is 76.3 Å². The van der Waals surface area contributed by atoms with E-state index in [2.05, 4.69) is 22.3 Å². The maximum atomic E-state index is 6.35. The molecule has 1 saturated heterocycles. The Morgan fingerprint density at radius 3 is 2.83 bits per heavy atom. The van der Waals surface area contributed by atoms with Crippen LogP contribution in [0.5, 0.6) is 0 Å². The van der Waals surface area contributed by atoms with E-state index in [0.717, 1.165) is 60.0 Å². The van der Waals surface area contributed by atoms with Crippen LogP contribution in [0.1, 0.15) is 42.0 Å². The molecule has 1 fully saturated rings. The molecule has 1 aromatic heterocycles. The van der Waals surface area contributed by atoms with Gasteiger partial charge in [-0.1, -0.05) is 41.9 Å². The zero-order valence-corrected chi connectivity index (χ0v) is 16.7. The van der Waals surface area contributed by atoms with Crippen molar-refractivity contribution in [2.75, 3.05) is 6.61 Å². The molecule has 6 nitrogen and oxygen atoms in total. The first-order chi connectivity index (χ1) is 14.3. The Labute approximate surface area is 174 Å². The van der Waals surface area contributed by atoms with Crippen LogP contribution in [-0.4, -0.2) is 33.4 Å². The third-order valence-electron chi connectivity index (χ3n) is 5.21. The summed E-state index contributed by atoms with van der Waals surface area (Å²) in [5.74, 6) is 1.52. The van der Waals surface area contributed by atoms with Gasteiger partial charge in [-0.15, -0.1) is 10.2 Å². The Hall–Kier alpha value is -2.54. The van der Waals surface area contributed by atoms with Crippen LogP contribution in [0, 0.1) is 0 Å². The Bertz CT molecular complexity index is 1040. The highest BCUT2D eigenvalue weighted by molar-refractivity contribution is 6.31. The van der Waals surface area contributed by atoms with Crippen LogP contribution in [0.15, 0.2) is 53.5 Å². The molecule has 0 radical (unpaired) electrons. The van der Waals surface area contributed by atoms with Gasteiger partial charge in [0.25, 0.3) is 0 Å². The monoisotopic (exact) mass is 408 g/mol. The summed E-state index contributed by atoms with van der Waals surface area (Å²) in [6.45, 7) is 1.52. The smallest absolute Gasteiger partial charge is 0.163 e. The lowest BCUT2D eigenvalue weighted by atomic mass is 10.0. The number of fused-ring (bicyclic) bond motifs is 3. The topological polar surface area (TPSA) is 61.5 Å². The summed E-state index contributed by atoms with van der Waals surface area (Å²) in [5.41, 5.74) is 3.86. The van der Waals surface area contributed by atoms with Crippen molar-refractivity contribution in [2.24, 2.45) is 4.99 Å². The number of nitrogens with zero attached hydrogens (tertiary/aromatic N) is 4. The van der Waals surface area contributed by atoms with E-state index in [1.165, 1.54) is 0 Å². The van der Waals surface area contributed by atoms with Gasteiger partial charge < -0.3 is 9.47 Å². The highest BCUT2D eigenvalue weighted by Crippen LogP contribution is 2.28. The van der Waals surface area contributed by atoms with Gasteiger partial charge in [0, 0.05) is 22.8 Å². The summed E-state index contributed by atoms with van der Waals surface area (Å²) in [4.78, 5) is 4.85. The van der Waals surface area contributed by atoms with Crippen LogP contribution in [0.2, 0.25) is 5.02 Å². The van der Waals surface area contributed by atoms with Crippen LogP contribution in [0.3, 0.4) is 0 Å².